The molecular weight excluding hydrogens is 212 g/mol. The van der Waals surface area contributed by atoms with Crippen molar-refractivity contribution in [2.75, 3.05) is 6.61 Å². The number of ketones is 1. The van der Waals surface area contributed by atoms with E-state index in [9.17, 15) is 4.79 Å². The summed E-state index contributed by atoms with van der Waals surface area (Å²) >= 11 is 0. The second-order valence-electron chi connectivity index (χ2n) is 5.41. The maximum absolute atomic E-state index is 11.8. The van der Waals surface area contributed by atoms with Gasteiger partial charge in [0.2, 0.25) is 0 Å². The standard InChI is InChI=1S/C15H30O2/c1-4-6-8-9-10-12-15(3,11-7-5-2)14(17)13-16/h16H,4-13H2,1-3H3. The van der Waals surface area contributed by atoms with Crippen LogP contribution < -0.4 is 0 Å². The maximum Gasteiger partial charge on any atom is 0.164 e. The van der Waals surface area contributed by atoms with E-state index in [1.807, 2.05) is 6.92 Å². The van der Waals surface area contributed by atoms with E-state index in [0.717, 1.165) is 32.1 Å². The smallest absolute Gasteiger partial charge is 0.164 e. The number of carbonyl (C=O) groups excluding carboxylic acids is 1. The number of Topliss-reactive ketones (excluding diaryl/α,β-unsaturated/α-hetero) is 1. The summed E-state index contributed by atoms with van der Waals surface area (Å²) in [5, 5.41) is 9.06. The van der Waals surface area contributed by atoms with Crippen LogP contribution in [0.4, 0.5) is 0 Å². The van der Waals surface area contributed by atoms with Gasteiger partial charge in [0.25, 0.3) is 0 Å². The Morgan fingerprint density at radius 3 is 2.00 bits per heavy atom. The molecule has 0 saturated carbocycles. The molecule has 1 unspecified atom stereocenters. The van der Waals surface area contributed by atoms with E-state index in [-0.39, 0.29) is 17.8 Å². The Hall–Kier alpha value is -0.370. The van der Waals surface area contributed by atoms with Crippen LogP contribution in [0.15, 0.2) is 0 Å². The number of hydrogen-bond acceptors (Lipinski definition) is 2. The van der Waals surface area contributed by atoms with Gasteiger partial charge in [0.1, 0.15) is 6.61 Å². The summed E-state index contributed by atoms with van der Waals surface area (Å²) in [5.74, 6) is 0.0291. The van der Waals surface area contributed by atoms with Crippen molar-refractivity contribution < 1.29 is 9.90 Å². The Kier molecular flexibility index (Phi) is 9.43. The van der Waals surface area contributed by atoms with Crippen LogP contribution in [0.2, 0.25) is 0 Å². The van der Waals surface area contributed by atoms with Gasteiger partial charge in [0, 0.05) is 5.41 Å². The van der Waals surface area contributed by atoms with Crippen molar-refractivity contribution in [3.05, 3.63) is 0 Å². The lowest BCUT2D eigenvalue weighted by Gasteiger charge is -2.27. The van der Waals surface area contributed by atoms with E-state index < -0.39 is 0 Å². The quantitative estimate of drug-likeness (QED) is 0.554. The van der Waals surface area contributed by atoms with Gasteiger partial charge in [-0.1, -0.05) is 65.7 Å². The van der Waals surface area contributed by atoms with Crippen molar-refractivity contribution in [1.29, 1.82) is 0 Å². The molecule has 0 spiro atoms. The van der Waals surface area contributed by atoms with Crippen LogP contribution >= 0.6 is 0 Å². The predicted molar refractivity (Wildman–Crippen MR) is 73.1 cm³/mol. The lowest BCUT2D eigenvalue weighted by atomic mass is 9.76. The number of aliphatic hydroxyl groups is 1. The molecule has 1 N–H and O–H groups in total. The zero-order valence-electron chi connectivity index (χ0n) is 11.9. The normalized spacial score (nSPS) is 14.6. The molecule has 0 aliphatic rings. The molecule has 0 saturated heterocycles. The first-order valence-corrected chi connectivity index (χ1v) is 7.25. The van der Waals surface area contributed by atoms with Gasteiger partial charge in [0.05, 0.1) is 0 Å². The molecule has 0 heterocycles. The Morgan fingerprint density at radius 2 is 1.47 bits per heavy atom. The van der Waals surface area contributed by atoms with Gasteiger partial charge in [-0.3, -0.25) is 4.79 Å². The van der Waals surface area contributed by atoms with Gasteiger partial charge in [-0.25, -0.2) is 0 Å². The van der Waals surface area contributed by atoms with Crippen molar-refractivity contribution >= 4 is 5.78 Å². The molecule has 0 rings (SSSR count). The van der Waals surface area contributed by atoms with Gasteiger partial charge in [-0.2, -0.15) is 0 Å². The Bertz CT molecular complexity index is 201. The van der Waals surface area contributed by atoms with Crippen LogP contribution in [0.1, 0.15) is 78.6 Å². The summed E-state index contributed by atoms with van der Waals surface area (Å²) < 4.78 is 0. The minimum Gasteiger partial charge on any atom is -0.389 e. The minimum absolute atomic E-state index is 0.0291. The third kappa shape index (κ3) is 6.82. The zero-order chi connectivity index (χ0) is 13.1. The molecule has 0 aromatic carbocycles. The first-order valence-electron chi connectivity index (χ1n) is 7.25. The lowest BCUT2D eigenvalue weighted by Crippen LogP contribution is -2.30. The number of unbranched alkanes of at least 4 members (excludes halogenated alkanes) is 5. The van der Waals surface area contributed by atoms with Gasteiger partial charge in [-0.15, -0.1) is 0 Å². The molecule has 0 aromatic heterocycles. The van der Waals surface area contributed by atoms with Crippen molar-refractivity contribution in [3.63, 3.8) is 0 Å². The number of aliphatic hydroxyl groups excluding tert-OH is 1. The summed E-state index contributed by atoms with van der Waals surface area (Å²) in [6, 6.07) is 0. The van der Waals surface area contributed by atoms with Gasteiger partial charge >= 0.3 is 0 Å². The zero-order valence-corrected chi connectivity index (χ0v) is 11.9. The average molecular weight is 242 g/mol. The highest BCUT2D eigenvalue weighted by atomic mass is 16.3. The molecule has 0 aliphatic carbocycles. The molecule has 0 bridgehead atoms. The fraction of sp³-hybridized carbons (Fsp3) is 0.933. The van der Waals surface area contributed by atoms with E-state index in [4.69, 9.17) is 5.11 Å². The summed E-state index contributed by atoms with van der Waals surface area (Å²) in [6.45, 7) is 6.09. The van der Waals surface area contributed by atoms with Crippen LogP contribution in [0, 0.1) is 5.41 Å². The molecule has 0 aliphatic heterocycles. The molecule has 0 fully saturated rings. The third-order valence-corrected chi connectivity index (χ3v) is 3.73. The summed E-state index contributed by atoms with van der Waals surface area (Å²) in [5.41, 5.74) is -0.281. The highest BCUT2D eigenvalue weighted by molar-refractivity contribution is 5.85. The van der Waals surface area contributed by atoms with E-state index in [0.29, 0.717) is 0 Å². The van der Waals surface area contributed by atoms with Crippen LogP contribution in [-0.4, -0.2) is 17.5 Å². The summed E-state index contributed by atoms with van der Waals surface area (Å²) in [6.07, 6.45) is 10.2. The number of carbonyl (C=O) groups is 1. The van der Waals surface area contributed by atoms with E-state index >= 15 is 0 Å². The highest BCUT2D eigenvalue weighted by Gasteiger charge is 2.30. The lowest BCUT2D eigenvalue weighted by molar-refractivity contribution is -0.131. The SMILES string of the molecule is CCCCCCCC(C)(CCCC)C(=O)CO. The van der Waals surface area contributed by atoms with Crippen molar-refractivity contribution in [1.82, 2.24) is 0 Å². The first-order chi connectivity index (χ1) is 8.10. The fourth-order valence-corrected chi connectivity index (χ4v) is 2.28. The second kappa shape index (κ2) is 9.64. The van der Waals surface area contributed by atoms with Crippen molar-refractivity contribution in [3.8, 4) is 0 Å². The molecule has 1 atom stereocenters. The Labute approximate surface area is 107 Å². The molecule has 0 radical (unpaired) electrons. The van der Waals surface area contributed by atoms with E-state index in [1.165, 1.54) is 25.7 Å². The largest absolute Gasteiger partial charge is 0.389 e. The molecule has 0 aromatic rings. The second-order valence-corrected chi connectivity index (χ2v) is 5.41. The first kappa shape index (κ1) is 16.6. The number of rotatable bonds is 11. The van der Waals surface area contributed by atoms with Crippen LogP contribution in [0.5, 0.6) is 0 Å². The third-order valence-electron chi connectivity index (χ3n) is 3.73. The Morgan fingerprint density at radius 1 is 0.941 bits per heavy atom. The topological polar surface area (TPSA) is 37.3 Å². The number of hydrogen-bond donors (Lipinski definition) is 1. The van der Waals surface area contributed by atoms with Crippen molar-refractivity contribution in [2.45, 2.75) is 78.6 Å². The fourth-order valence-electron chi connectivity index (χ4n) is 2.28. The van der Waals surface area contributed by atoms with Crippen LogP contribution in [0.3, 0.4) is 0 Å². The Balaban J connectivity index is 4.05. The monoisotopic (exact) mass is 242 g/mol. The predicted octanol–water partition coefficient (Wildman–Crippen LogP) is 4.10. The van der Waals surface area contributed by atoms with Crippen LogP contribution in [0.25, 0.3) is 0 Å². The van der Waals surface area contributed by atoms with Crippen LogP contribution in [-0.2, 0) is 4.79 Å². The average Bonchev–Trinajstić information content (AvgIpc) is 2.35. The molecule has 2 nitrogen and oxygen atoms in total. The molecule has 17 heavy (non-hydrogen) atoms. The molecule has 0 amide bonds. The van der Waals surface area contributed by atoms with Gasteiger partial charge in [0.15, 0.2) is 5.78 Å². The highest BCUT2D eigenvalue weighted by Crippen LogP contribution is 2.32. The minimum atomic E-state index is -0.296. The van der Waals surface area contributed by atoms with Crippen molar-refractivity contribution in [2.24, 2.45) is 5.41 Å². The summed E-state index contributed by atoms with van der Waals surface area (Å²) in [7, 11) is 0. The molecular formula is C15H30O2. The van der Waals surface area contributed by atoms with E-state index in [1.54, 1.807) is 0 Å². The van der Waals surface area contributed by atoms with Gasteiger partial charge in [-0.05, 0) is 12.8 Å². The molecule has 2 heteroatoms. The summed E-state index contributed by atoms with van der Waals surface area (Å²) in [4.78, 5) is 11.8. The van der Waals surface area contributed by atoms with Gasteiger partial charge < -0.3 is 5.11 Å². The maximum atomic E-state index is 11.8. The molecule has 102 valence electrons. The van der Waals surface area contributed by atoms with E-state index in [2.05, 4.69) is 13.8 Å².